The third kappa shape index (κ3) is 8.82. The Morgan fingerprint density at radius 1 is 1.00 bits per heavy atom. The zero-order chi connectivity index (χ0) is 18.4. The van der Waals surface area contributed by atoms with Crippen LogP contribution >= 0.6 is 0 Å². The van der Waals surface area contributed by atoms with Gasteiger partial charge in [-0.15, -0.1) is 0 Å². The third-order valence-corrected chi connectivity index (χ3v) is 3.98. The first-order chi connectivity index (χ1) is 11.0. The van der Waals surface area contributed by atoms with E-state index in [0.29, 0.717) is 11.1 Å². The lowest BCUT2D eigenvalue weighted by molar-refractivity contribution is -0.242. The first-order valence-corrected chi connectivity index (χ1v) is 10.4. The van der Waals surface area contributed by atoms with Crippen LogP contribution in [0, 0.1) is 0 Å². The van der Waals surface area contributed by atoms with Crippen molar-refractivity contribution in [2.24, 2.45) is 0 Å². The molecule has 0 aliphatic carbocycles. The van der Waals surface area contributed by atoms with Crippen molar-refractivity contribution in [2.75, 3.05) is 31.0 Å². The van der Waals surface area contributed by atoms with Crippen LogP contribution in [0.3, 0.4) is 0 Å². The molecule has 1 aromatic carbocycles. The highest BCUT2D eigenvalue weighted by Gasteiger charge is 2.09. The van der Waals surface area contributed by atoms with Crippen LogP contribution in [-0.2, 0) is 41.4 Å². The van der Waals surface area contributed by atoms with Crippen molar-refractivity contribution in [3.63, 3.8) is 0 Å². The van der Waals surface area contributed by atoms with Gasteiger partial charge in [0, 0.05) is 5.69 Å². The number of carbonyl (C=O) groups excluding carboxylic acids is 1. The van der Waals surface area contributed by atoms with Crippen LogP contribution in [0.5, 0.6) is 0 Å². The highest BCUT2D eigenvalue weighted by atomic mass is 32.2. The van der Waals surface area contributed by atoms with Crippen molar-refractivity contribution in [3.05, 3.63) is 29.3 Å². The van der Waals surface area contributed by atoms with Crippen LogP contribution in [0.4, 0.5) is 10.5 Å². The average molecular weight is 380 g/mol. The van der Waals surface area contributed by atoms with E-state index in [-0.39, 0.29) is 31.7 Å². The Bertz CT molecular complexity index is 786. The van der Waals surface area contributed by atoms with Crippen LogP contribution in [0.2, 0.25) is 0 Å². The molecule has 0 atom stereocenters. The van der Waals surface area contributed by atoms with Gasteiger partial charge in [0.05, 0.1) is 25.7 Å². The van der Waals surface area contributed by atoms with E-state index in [1.54, 1.807) is 6.07 Å². The lowest BCUT2D eigenvalue weighted by atomic mass is 10.0. The van der Waals surface area contributed by atoms with E-state index in [2.05, 4.69) is 13.7 Å². The molecule has 0 heterocycles. The maximum absolute atomic E-state index is 11.0. The maximum Gasteiger partial charge on any atom is 0.264 e. The van der Waals surface area contributed by atoms with Gasteiger partial charge in [-0.2, -0.15) is 16.8 Å². The summed E-state index contributed by atoms with van der Waals surface area (Å²) in [6, 6.07) is 4.57. The van der Waals surface area contributed by atoms with Gasteiger partial charge >= 0.3 is 0 Å². The Balaban J connectivity index is 2.88. The Morgan fingerprint density at radius 3 is 1.96 bits per heavy atom. The first kappa shape index (κ1) is 20.4. The van der Waals surface area contributed by atoms with Crippen LogP contribution in [0.15, 0.2) is 18.2 Å². The first-order valence-electron chi connectivity index (χ1n) is 6.75. The second kappa shape index (κ2) is 8.42. The molecular weight excluding hydrogens is 362 g/mol. The number of amides is 1. The lowest BCUT2D eigenvalue weighted by Gasteiger charge is -2.13. The minimum atomic E-state index is -3.60. The van der Waals surface area contributed by atoms with Crippen molar-refractivity contribution in [1.29, 1.82) is 0 Å². The minimum Gasteiger partial charge on any atom is -0.530 e. The highest BCUT2D eigenvalue weighted by molar-refractivity contribution is 7.86. The van der Waals surface area contributed by atoms with Crippen LogP contribution in [0.1, 0.15) is 11.1 Å². The molecule has 0 saturated heterocycles. The number of benzene rings is 1. The van der Waals surface area contributed by atoms with Gasteiger partial charge in [-0.3, -0.25) is 8.37 Å². The molecule has 0 aliphatic rings. The summed E-state index contributed by atoms with van der Waals surface area (Å²) in [5.74, 6) is 0. The quantitative estimate of drug-likeness (QED) is 0.565. The Labute approximate surface area is 140 Å². The summed E-state index contributed by atoms with van der Waals surface area (Å²) in [4.78, 5) is 10.6. The summed E-state index contributed by atoms with van der Waals surface area (Å²) < 4.78 is 53.3. The van der Waals surface area contributed by atoms with Gasteiger partial charge in [-0.25, -0.2) is 0 Å². The predicted molar refractivity (Wildman–Crippen MR) is 84.5 cm³/mol. The van der Waals surface area contributed by atoms with Gasteiger partial charge < -0.3 is 15.2 Å². The van der Waals surface area contributed by atoms with Crippen LogP contribution in [-0.4, -0.2) is 48.7 Å². The molecule has 1 amide bonds. The molecule has 11 heteroatoms. The topological polar surface area (TPSA) is 139 Å². The summed E-state index contributed by atoms with van der Waals surface area (Å²) in [7, 11) is -7.17. The molecular formula is C13H18NO8S2-. The molecule has 1 rings (SSSR count). The summed E-state index contributed by atoms with van der Waals surface area (Å²) in [6.07, 6.45) is 0.792. The van der Waals surface area contributed by atoms with Gasteiger partial charge in [0.1, 0.15) is 6.09 Å². The number of nitrogens with one attached hydrogen (secondary N) is 1. The highest BCUT2D eigenvalue weighted by Crippen LogP contribution is 2.18. The number of anilines is 1. The van der Waals surface area contributed by atoms with Crippen molar-refractivity contribution < 1.29 is 35.1 Å². The summed E-state index contributed by atoms with van der Waals surface area (Å²) in [5.41, 5.74) is 1.53. The van der Waals surface area contributed by atoms with E-state index in [9.17, 15) is 26.7 Å². The summed E-state index contributed by atoms with van der Waals surface area (Å²) in [6.45, 7) is -0.223. The van der Waals surface area contributed by atoms with Gasteiger partial charge in [0.2, 0.25) is 0 Å². The molecule has 136 valence electrons. The third-order valence-electron chi connectivity index (χ3n) is 2.79. The van der Waals surface area contributed by atoms with Gasteiger partial charge in [0.15, 0.2) is 0 Å². The lowest BCUT2D eigenvalue weighted by Crippen LogP contribution is -2.28. The standard InChI is InChI=1S/C13H19NO8S2/c1-23(17,18)21-7-5-10-3-4-12(14-13(15)16)9-11(10)6-8-22-24(2,19)20/h3-4,9,14H,5-8H2,1-2H3,(H,15,16)/p-1. The van der Waals surface area contributed by atoms with E-state index in [4.69, 9.17) is 0 Å². The van der Waals surface area contributed by atoms with Crippen LogP contribution in [0.25, 0.3) is 0 Å². The van der Waals surface area contributed by atoms with Crippen molar-refractivity contribution in [3.8, 4) is 0 Å². The van der Waals surface area contributed by atoms with Gasteiger partial charge in [-0.05, 0) is 36.1 Å². The molecule has 0 spiro atoms. The molecule has 1 aromatic rings. The Morgan fingerprint density at radius 2 is 1.50 bits per heavy atom. The molecule has 0 aliphatic heterocycles. The second-order valence-electron chi connectivity index (χ2n) is 4.95. The van der Waals surface area contributed by atoms with Gasteiger partial charge in [0.25, 0.3) is 20.2 Å². The fourth-order valence-electron chi connectivity index (χ4n) is 1.90. The molecule has 0 saturated carbocycles. The monoisotopic (exact) mass is 380 g/mol. The normalized spacial score (nSPS) is 12.1. The number of carbonyl (C=O) groups is 1. The fourth-order valence-corrected chi connectivity index (χ4v) is 2.68. The molecule has 9 nitrogen and oxygen atoms in total. The van der Waals surface area contributed by atoms with E-state index in [1.165, 1.54) is 12.1 Å². The largest absolute Gasteiger partial charge is 0.530 e. The molecule has 0 bridgehead atoms. The molecule has 0 radical (unpaired) electrons. The molecule has 0 aromatic heterocycles. The van der Waals surface area contributed by atoms with E-state index >= 15 is 0 Å². The maximum atomic E-state index is 11.0. The van der Waals surface area contributed by atoms with E-state index < -0.39 is 26.3 Å². The minimum absolute atomic E-state index is 0.0912. The van der Waals surface area contributed by atoms with Crippen LogP contribution < -0.4 is 10.4 Å². The number of carboxylic acid groups (broad SMARTS) is 1. The summed E-state index contributed by atoms with van der Waals surface area (Å²) in [5, 5.41) is 12.7. The zero-order valence-corrected chi connectivity index (χ0v) is 14.8. The smallest absolute Gasteiger partial charge is 0.264 e. The van der Waals surface area contributed by atoms with Crippen molar-refractivity contribution in [2.45, 2.75) is 12.8 Å². The molecule has 1 N–H and O–H groups in total. The Kier molecular flexibility index (Phi) is 7.14. The predicted octanol–water partition coefficient (Wildman–Crippen LogP) is -0.521. The number of hydrogen-bond donors (Lipinski definition) is 1. The second-order valence-corrected chi connectivity index (χ2v) is 8.24. The average Bonchev–Trinajstić information content (AvgIpc) is 2.37. The molecule has 0 unspecified atom stereocenters. The van der Waals surface area contributed by atoms with Crippen molar-refractivity contribution >= 4 is 32.0 Å². The molecule has 24 heavy (non-hydrogen) atoms. The summed E-state index contributed by atoms with van der Waals surface area (Å²) >= 11 is 0. The number of rotatable bonds is 9. The number of hydrogen-bond acceptors (Lipinski definition) is 8. The van der Waals surface area contributed by atoms with Crippen molar-refractivity contribution in [1.82, 2.24) is 0 Å². The van der Waals surface area contributed by atoms with E-state index in [0.717, 1.165) is 12.5 Å². The van der Waals surface area contributed by atoms with E-state index in [1.807, 2.05) is 0 Å². The SMILES string of the molecule is CS(=O)(=O)OCCc1ccc(NC(=O)[O-])cc1CCOS(C)(=O)=O. The zero-order valence-electron chi connectivity index (χ0n) is 13.1. The Hall–Kier alpha value is -1.69. The fraction of sp³-hybridized carbons (Fsp3) is 0.462. The molecule has 0 fully saturated rings. The van der Waals surface area contributed by atoms with Gasteiger partial charge in [-0.1, -0.05) is 6.07 Å².